The van der Waals surface area contributed by atoms with Crippen molar-refractivity contribution in [2.24, 2.45) is 0 Å². The van der Waals surface area contributed by atoms with Gasteiger partial charge in [0.2, 0.25) is 5.82 Å². The number of nitrogens with one attached hydrogen (secondary N) is 1. The summed E-state index contributed by atoms with van der Waals surface area (Å²) in [5.74, 6) is 1.17. The van der Waals surface area contributed by atoms with Crippen LogP contribution in [-0.4, -0.2) is 59.7 Å². The third kappa shape index (κ3) is 5.17. The van der Waals surface area contributed by atoms with E-state index < -0.39 is 5.97 Å². The molecule has 0 fully saturated rings. The van der Waals surface area contributed by atoms with E-state index >= 15 is 0 Å². The number of benzene rings is 2. The van der Waals surface area contributed by atoms with E-state index in [2.05, 4.69) is 60.1 Å². The Morgan fingerprint density at radius 3 is 2.35 bits per heavy atom. The summed E-state index contributed by atoms with van der Waals surface area (Å²) >= 11 is 0. The van der Waals surface area contributed by atoms with Gasteiger partial charge < -0.3 is 18.8 Å². The molecule has 3 heterocycles. The number of carbonyl (C=O) groups excluding carboxylic acids is 2. The van der Waals surface area contributed by atoms with E-state index in [1.54, 1.807) is 0 Å². The normalized spacial score (nSPS) is 10.6. The molecule has 0 spiro atoms. The molecule has 0 atom stereocenters. The molecular weight excluding hydrogens is 476 g/mol. The number of aromatic amines is 1. The van der Waals surface area contributed by atoms with Gasteiger partial charge >= 0.3 is 5.97 Å². The smallest absolute Gasteiger partial charge is 0.309 e. The second-order valence-corrected chi connectivity index (χ2v) is 7.76. The van der Waals surface area contributed by atoms with Gasteiger partial charge in [0.15, 0.2) is 5.52 Å². The van der Waals surface area contributed by atoms with Crippen LogP contribution >= 0.6 is 0 Å². The lowest BCUT2D eigenvalue weighted by atomic mass is 9.98. The van der Waals surface area contributed by atoms with Crippen LogP contribution in [0.25, 0.3) is 33.5 Å². The van der Waals surface area contributed by atoms with Gasteiger partial charge in [-0.05, 0) is 35.8 Å². The fraction of sp³-hybridized carbons (Fsp3) is 0.200. The SMILES string of the molecule is C=O.CCOc1nnc(OC(C)=O)c2nc(C)n(Cc3ccc(-c4ccccc4-c4nn[nH]n4)cc3)c12. The summed E-state index contributed by atoms with van der Waals surface area (Å²) in [5, 5.41) is 22.5. The molecule has 0 aliphatic heterocycles. The van der Waals surface area contributed by atoms with Crippen LogP contribution in [0.15, 0.2) is 48.5 Å². The maximum atomic E-state index is 11.5. The van der Waals surface area contributed by atoms with Crippen LogP contribution in [0.4, 0.5) is 0 Å². The van der Waals surface area contributed by atoms with Crippen LogP contribution in [0.3, 0.4) is 0 Å². The number of aryl methyl sites for hydroxylation is 1. The van der Waals surface area contributed by atoms with Gasteiger partial charge in [-0.25, -0.2) is 4.98 Å². The Labute approximate surface area is 211 Å². The van der Waals surface area contributed by atoms with Crippen LogP contribution in [0, 0.1) is 6.92 Å². The zero-order valence-electron chi connectivity index (χ0n) is 20.5. The highest BCUT2D eigenvalue weighted by atomic mass is 16.5. The molecule has 0 saturated heterocycles. The molecule has 3 aromatic heterocycles. The molecule has 0 unspecified atom stereocenters. The van der Waals surface area contributed by atoms with Crippen LogP contribution in [0.2, 0.25) is 0 Å². The van der Waals surface area contributed by atoms with Crippen LogP contribution in [-0.2, 0) is 16.1 Å². The van der Waals surface area contributed by atoms with Crippen LogP contribution in [0.5, 0.6) is 11.8 Å². The highest BCUT2D eigenvalue weighted by Crippen LogP contribution is 2.32. The first-order valence-corrected chi connectivity index (χ1v) is 11.3. The summed E-state index contributed by atoms with van der Waals surface area (Å²) < 4.78 is 12.9. The first-order valence-electron chi connectivity index (χ1n) is 11.3. The maximum absolute atomic E-state index is 11.5. The predicted octanol–water partition coefficient (Wildman–Crippen LogP) is 3.17. The highest BCUT2D eigenvalue weighted by Gasteiger charge is 2.21. The molecule has 0 aliphatic rings. The van der Waals surface area contributed by atoms with Crippen LogP contribution < -0.4 is 9.47 Å². The van der Waals surface area contributed by atoms with Gasteiger partial charge in [0.1, 0.15) is 18.1 Å². The van der Waals surface area contributed by atoms with Gasteiger partial charge in [0.05, 0.1) is 6.61 Å². The van der Waals surface area contributed by atoms with E-state index in [4.69, 9.17) is 14.3 Å². The van der Waals surface area contributed by atoms with Crippen molar-refractivity contribution < 1.29 is 19.1 Å². The number of hydrogen-bond donors (Lipinski definition) is 1. The lowest BCUT2D eigenvalue weighted by Crippen LogP contribution is -2.08. The summed E-state index contributed by atoms with van der Waals surface area (Å²) in [4.78, 5) is 24.1. The minimum absolute atomic E-state index is 0.0613. The molecule has 37 heavy (non-hydrogen) atoms. The van der Waals surface area contributed by atoms with Crippen LogP contribution in [0.1, 0.15) is 25.2 Å². The molecule has 0 saturated carbocycles. The van der Waals surface area contributed by atoms with E-state index in [1.165, 1.54) is 6.92 Å². The molecule has 12 nitrogen and oxygen atoms in total. The number of carbonyl (C=O) groups is 2. The quantitative estimate of drug-likeness (QED) is 0.330. The van der Waals surface area contributed by atoms with Crippen molar-refractivity contribution in [1.82, 2.24) is 40.4 Å². The van der Waals surface area contributed by atoms with E-state index in [0.717, 1.165) is 28.1 Å². The van der Waals surface area contributed by atoms with Crippen molar-refractivity contribution >= 4 is 23.8 Å². The summed E-state index contributed by atoms with van der Waals surface area (Å²) in [6, 6.07) is 16.1. The number of rotatable bonds is 7. The lowest BCUT2D eigenvalue weighted by molar-refractivity contribution is -0.132. The van der Waals surface area contributed by atoms with E-state index in [9.17, 15) is 4.79 Å². The van der Waals surface area contributed by atoms with Crippen molar-refractivity contribution in [1.29, 1.82) is 0 Å². The number of hydrogen-bond acceptors (Lipinski definition) is 10. The van der Waals surface area contributed by atoms with Crippen molar-refractivity contribution in [3.8, 4) is 34.3 Å². The minimum atomic E-state index is -0.492. The van der Waals surface area contributed by atoms with E-state index in [1.807, 2.05) is 49.5 Å². The fourth-order valence-electron chi connectivity index (χ4n) is 3.93. The third-order valence-corrected chi connectivity index (χ3v) is 5.44. The number of tetrazole rings is 1. The number of H-pyrrole nitrogens is 1. The van der Waals surface area contributed by atoms with Gasteiger partial charge in [-0.15, -0.1) is 20.4 Å². The lowest BCUT2D eigenvalue weighted by Gasteiger charge is -2.12. The van der Waals surface area contributed by atoms with Gasteiger partial charge in [-0.2, -0.15) is 5.21 Å². The molecule has 0 bridgehead atoms. The third-order valence-electron chi connectivity index (χ3n) is 5.44. The Kier molecular flexibility index (Phi) is 7.57. The summed E-state index contributed by atoms with van der Waals surface area (Å²) in [6.07, 6.45) is 0. The number of aromatic nitrogens is 8. The standard InChI is InChI=1S/C24H22N8O3.CH2O/c1-4-34-24-21-20(23(28-29-24)35-15(3)33)25-14(2)32(21)13-16-9-11-17(12-10-16)18-7-5-6-8-19(18)22-26-30-31-27-22;1-2/h5-12H,4,13H2,1-3H3,(H,26,27,30,31);1H2. The minimum Gasteiger partial charge on any atom is -0.475 e. The van der Waals surface area contributed by atoms with Crippen molar-refractivity contribution in [3.63, 3.8) is 0 Å². The Morgan fingerprint density at radius 1 is 1.00 bits per heavy atom. The predicted molar refractivity (Wildman–Crippen MR) is 134 cm³/mol. The zero-order valence-corrected chi connectivity index (χ0v) is 20.5. The van der Waals surface area contributed by atoms with E-state index in [-0.39, 0.29) is 5.88 Å². The zero-order chi connectivity index (χ0) is 26.4. The summed E-state index contributed by atoms with van der Waals surface area (Å²) in [7, 11) is 0. The molecule has 5 aromatic rings. The van der Waals surface area contributed by atoms with Gasteiger partial charge in [-0.1, -0.05) is 48.5 Å². The van der Waals surface area contributed by atoms with Gasteiger partial charge in [-0.3, -0.25) is 4.79 Å². The highest BCUT2D eigenvalue weighted by molar-refractivity contribution is 5.87. The van der Waals surface area contributed by atoms with Crippen molar-refractivity contribution in [2.75, 3.05) is 6.61 Å². The molecular formula is C25H24N8O4. The van der Waals surface area contributed by atoms with E-state index in [0.29, 0.717) is 35.9 Å². The Balaban J connectivity index is 0.00000156. The molecule has 2 aromatic carbocycles. The molecule has 0 radical (unpaired) electrons. The number of esters is 1. The average molecular weight is 501 g/mol. The Bertz CT molecular complexity index is 1510. The first-order chi connectivity index (χ1) is 18.0. The maximum Gasteiger partial charge on any atom is 0.309 e. The molecule has 1 N–H and O–H groups in total. The monoisotopic (exact) mass is 500 g/mol. The van der Waals surface area contributed by atoms with Crippen molar-refractivity contribution in [2.45, 2.75) is 27.3 Å². The molecule has 5 rings (SSSR count). The fourth-order valence-corrected chi connectivity index (χ4v) is 3.93. The molecule has 0 aliphatic carbocycles. The largest absolute Gasteiger partial charge is 0.475 e. The second-order valence-electron chi connectivity index (χ2n) is 7.76. The van der Waals surface area contributed by atoms with Crippen molar-refractivity contribution in [3.05, 3.63) is 59.9 Å². The average Bonchev–Trinajstić information content (AvgIpc) is 3.56. The number of fused-ring (bicyclic) bond motifs is 1. The van der Waals surface area contributed by atoms with Gasteiger partial charge in [0, 0.05) is 19.0 Å². The number of imidazole rings is 1. The number of nitrogens with zero attached hydrogens (tertiary/aromatic N) is 7. The molecule has 188 valence electrons. The number of ether oxygens (including phenoxy) is 2. The Hall–Kier alpha value is -5.00. The second kappa shape index (κ2) is 11.2. The topological polar surface area (TPSA) is 151 Å². The summed E-state index contributed by atoms with van der Waals surface area (Å²) in [5.41, 5.74) is 5.03. The molecule has 12 heteroatoms. The Morgan fingerprint density at radius 2 is 1.70 bits per heavy atom. The van der Waals surface area contributed by atoms with Gasteiger partial charge in [0.25, 0.3) is 11.8 Å². The first kappa shape index (κ1) is 25.1. The summed E-state index contributed by atoms with van der Waals surface area (Å²) in [6.45, 7) is 7.98. The molecule has 0 amide bonds.